The molecule has 0 bridgehead atoms. The fourth-order valence-corrected chi connectivity index (χ4v) is 3.87. The van der Waals surface area contributed by atoms with E-state index < -0.39 is 0 Å². The Balaban J connectivity index is 2.02. The molecule has 3 nitrogen and oxygen atoms in total. The molecule has 1 aromatic carbocycles. The number of halogens is 1. The zero-order valence-corrected chi connectivity index (χ0v) is 12.4. The predicted octanol–water partition coefficient (Wildman–Crippen LogP) is 3.32. The van der Waals surface area contributed by atoms with Crippen molar-refractivity contribution >= 4 is 17.3 Å². The minimum Gasteiger partial charge on any atom is -0.362 e. The van der Waals surface area contributed by atoms with Gasteiger partial charge in [-0.15, -0.1) is 0 Å². The minimum atomic E-state index is 0.173. The summed E-state index contributed by atoms with van der Waals surface area (Å²) < 4.78 is 0. The van der Waals surface area contributed by atoms with Gasteiger partial charge in [-0.25, -0.2) is 0 Å². The van der Waals surface area contributed by atoms with E-state index in [1.54, 1.807) is 6.07 Å². The molecule has 0 aromatic heterocycles. The lowest BCUT2D eigenvalue weighted by atomic mass is 9.78. The van der Waals surface area contributed by atoms with Crippen LogP contribution in [0.5, 0.6) is 0 Å². The molecule has 0 atom stereocenters. The van der Waals surface area contributed by atoms with E-state index in [0.29, 0.717) is 5.02 Å². The topological polar surface area (TPSA) is 39.1 Å². The fraction of sp³-hybridized carbons (Fsp3) is 0.562. The van der Waals surface area contributed by atoms with Crippen molar-refractivity contribution in [2.75, 3.05) is 24.5 Å². The molecular weight excluding hydrogens is 270 g/mol. The average molecular weight is 290 g/mol. The molecule has 2 aliphatic rings. The first kappa shape index (κ1) is 13.7. The SMILES string of the molecule is N#Cc1ccc(Cl)cc1N1CCNCC12CCCCC2. The maximum atomic E-state index is 9.39. The highest BCUT2D eigenvalue weighted by molar-refractivity contribution is 6.30. The Kier molecular flexibility index (Phi) is 3.87. The van der Waals surface area contributed by atoms with Gasteiger partial charge in [-0.1, -0.05) is 30.9 Å². The standard InChI is InChI=1S/C16H20ClN3/c17-14-5-4-13(11-18)15(10-14)20-9-8-19-12-16(20)6-2-1-3-7-16/h4-5,10,19H,1-3,6-9,12H2. The number of hydrogen-bond acceptors (Lipinski definition) is 3. The number of rotatable bonds is 1. The first-order chi connectivity index (χ1) is 9.75. The van der Waals surface area contributed by atoms with Gasteiger partial charge in [-0.3, -0.25) is 0 Å². The van der Waals surface area contributed by atoms with Crippen LogP contribution in [-0.2, 0) is 0 Å². The monoisotopic (exact) mass is 289 g/mol. The highest BCUT2D eigenvalue weighted by Gasteiger charge is 2.40. The molecule has 1 heterocycles. The van der Waals surface area contributed by atoms with E-state index >= 15 is 0 Å². The van der Waals surface area contributed by atoms with Crippen LogP contribution in [0.15, 0.2) is 18.2 Å². The molecule has 106 valence electrons. The van der Waals surface area contributed by atoms with Gasteiger partial charge in [0.15, 0.2) is 0 Å². The summed E-state index contributed by atoms with van der Waals surface area (Å²) in [6, 6.07) is 7.93. The molecule has 0 amide bonds. The lowest BCUT2D eigenvalue weighted by molar-refractivity contribution is 0.241. The maximum Gasteiger partial charge on any atom is 0.101 e. The van der Waals surface area contributed by atoms with Gasteiger partial charge < -0.3 is 10.2 Å². The Labute approximate surface area is 125 Å². The molecule has 2 fully saturated rings. The second-order valence-electron chi connectivity index (χ2n) is 5.89. The summed E-state index contributed by atoms with van der Waals surface area (Å²) >= 11 is 6.17. The maximum absolute atomic E-state index is 9.39. The Morgan fingerprint density at radius 1 is 1.25 bits per heavy atom. The van der Waals surface area contributed by atoms with Crippen LogP contribution in [0.2, 0.25) is 5.02 Å². The summed E-state index contributed by atoms with van der Waals surface area (Å²) in [5.74, 6) is 0. The molecule has 1 saturated heterocycles. The third-order valence-corrected chi connectivity index (χ3v) is 4.93. The van der Waals surface area contributed by atoms with Gasteiger partial charge in [-0.05, 0) is 31.0 Å². The molecular formula is C16H20ClN3. The summed E-state index contributed by atoms with van der Waals surface area (Å²) in [5, 5.41) is 13.6. The Morgan fingerprint density at radius 2 is 2.05 bits per heavy atom. The highest BCUT2D eigenvalue weighted by atomic mass is 35.5. The third-order valence-electron chi connectivity index (χ3n) is 4.69. The number of anilines is 1. The number of piperazine rings is 1. The largest absolute Gasteiger partial charge is 0.362 e. The minimum absolute atomic E-state index is 0.173. The van der Waals surface area contributed by atoms with Crippen LogP contribution in [0.3, 0.4) is 0 Å². The van der Waals surface area contributed by atoms with Gasteiger partial charge in [0.1, 0.15) is 6.07 Å². The summed E-state index contributed by atoms with van der Waals surface area (Å²) in [5.41, 5.74) is 1.93. The number of hydrogen-bond donors (Lipinski definition) is 1. The molecule has 1 saturated carbocycles. The van der Waals surface area contributed by atoms with Crippen LogP contribution in [0.4, 0.5) is 5.69 Å². The molecule has 1 N–H and O–H groups in total. The molecule has 1 spiro atoms. The molecule has 1 aromatic rings. The van der Waals surface area contributed by atoms with E-state index in [4.69, 9.17) is 11.6 Å². The van der Waals surface area contributed by atoms with Crippen molar-refractivity contribution in [2.24, 2.45) is 0 Å². The Bertz CT molecular complexity index is 521. The van der Waals surface area contributed by atoms with E-state index in [2.05, 4.69) is 16.3 Å². The van der Waals surface area contributed by atoms with E-state index in [0.717, 1.165) is 30.9 Å². The number of nitrogens with zero attached hydrogens (tertiary/aromatic N) is 2. The number of nitriles is 1. The lowest BCUT2D eigenvalue weighted by Gasteiger charge is -2.51. The Hall–Kier alpha value is -1.24. The smallest absolute Gasteiger partial charge is 0.101 e. The van der Waals surface area contributed by atoms with Gasteiger partial charge in [0.05, 0.1) is 16.8 Å². The van der Waals surface area contributed by atoms with Crippen molar-refractivity contribution in [1.82, 2.24) is 5.32 Å². The predicted molar refractivity (Wildman–Crippen MR) is 82.2 cm³/mol. The van der Waals surface area contributed by atoms with Crippen molar-refractivity contribution in [2.45, 2.75) is 37.6 Å². The van der Waals surface area contributed by atoms with Crippen LogP contribution in [0.25, 0.3) is 0 Å². The highest BCUT2D eigenvalue weighted by Crippen LogP contribution is 2.39. The van der Waals surface area contributed by atoms with E-state index in [-0.39, 0.29) is 5.54 Å². The fourth-order valence-electron chi connectivity index (χ4n) is 3.70. The van der Waals surface area contributed by atoms with Crippen LogP contribution in [0.1, 0.15) is 37.7 Å². The van der Waals surface area contributed by atoms with Crippen LogP contribution in [0, 0.1) is 11.3 Å². The van der Waals surface area contributed by atoms with Gasteiger partial charge in [0.2, 0.25) is 0 Å². The van der Waals surface area contributed by atoms with Crippen LogP contribution >= 0.6 is 11.6 Å². The molecule has 0 unspecified atom stereocenters. The summed E-state index contributed by atoms with van der Waals surface area (Å²) in [6.07, 6.45) is 6.30. The second-order valence-corrected chi connectivity index (χ2v) is 6.32. The zero-order chi connectivity index (χ0) is 14.0. The lowest BCUT2D eigenvalue weighted by Crippen LogP contribution is -2.62. The van der Waals surface area contributed by atoms with E-state index in [9.17, 15) is 5.26 Å². The van der Waals surface area contributed by atoms with Crippen molar-refractivity contribution in [3.63, 3.8) is 0 Å². The summed E-state index contributed by atoms with van der Waals surface area (Å²) in [6.45, 7) is 2.94. The molecule has 0 radical (unpaired) electrons. The quantitative estimate of drug-likeness (QED) is 0.862. The van der Waals surface area contributed by atoms with E-state index in [1.165, 1.54) is 32.1 Å². The first-order valence-corrected chi connectivity index (χ1v) is 7.81. The van der Waals surface area contributed by atoms with Gasteiger partial charge in [0.25, 0.3) is 0 Å². The summed E-state index contributed by atoms with van der Waals surface area (Å²) in [4.78, 5) is 2.45. The second kappa shape index (κ2) is 5.63. The molecule has 3 rings (SSSR count). The molecule has 1 aliphatic carbocycles. The van der Waals surface area contributed by atoms with Crippen molar-refractivity contribution in [3.05, 3.63) is 28.8 Å². The molecule has 20 heavy (non-hydrogen) atoms. The first-order valence-electron chi connectivity index (χ1n) is 7.43. The van der Waals surface area contributed by atoms with Crippen molar-refractivity contribution < 1.29 is 0 Å². The molecule has 1 aliphatic heterocycles. The number of benzene rings is 1. The normalized spacial score (nSPS) is 21.7. The van der Waals surface area contributed by atoms with Gasteiger partial charge >= 0.3 is 0 Å². The zero-order valence-electron chi connectivity index (χ0n) is 11.7. The molecule has 4 heteroatoms. The Morgan fingerprint density at radius 3 is 2.80 bits per heavy atom. The van der Waals surface area contributed by atoms with E-state index in [1.807, 2.05) is 12.1 Å². The van der Waals surface area contributed by atoms with Crippen LogP contribution in [-0.4, -0.2) is 25.2 Å². The van der Waals surface area contributed by atoms with Gasteiger partial charge in [-0.2, -0.15) is 5.26 Å². The summed E-state index contributed by atoms with van der Waals surface area (Å²) in [7, 11) is 0. The third kappa shape index (κ3) is 2.39. The van der Waals surface area contributed by atoms with Crippen molar-refractivity contribution in [1.29, 1.82) is 5.26 Å². The number of nitrogens with one attached hydrogen (secondary N) is 1. The van der Waals surface area contributed by atoms with Crippen LogP contribution < -0.4 is 10.2 Å². The van der Waals surface area contributed by atoms with Crippen molar-refractivity contribution in [3.8, 4) is 6.07 Å². The van der Waals surface area contributed by atoms with Gasteiger partial charge in [0, 0.05) is 24.7 Å². The average Bonchev–Trinajstić information content (AvgIpc) is 2.48.